The zero-order chi connectivity index (χ0) is 36.3. The first-order valence-corrected chi connectivity index (χ1v) is 19.4. The molecule has 51 heavy (non-hydrogen) atoms. The van der Waals surface area contributed by atoms with Gasteiger partial charge in [0.15, 0.2) is 9.84 Å². The van der Waals surface area contributed by atoms with Crippen LogP contribution in [0, 0.1) is 0 Å². The number of nitrogens with zero attached hydrogens (tertiary/aromatic N) is 3. The number of hydrogen-bond acceptors (Lipinski definition) is 7. The summed E-state index contributed by atoms with van der Waals surface area (Å²) in [5, 5.41) is 3.39. The Morgan fingerprint density at radius 1 is 0.980 bits per heavy atom. The highest BCUT2D eigenvalue weighted by atomic mass is 32.2. The number of benzene rings is 3. The van der Waals surface area contributed by atoms with Crippen molar-refractivity contribution in [3.05, 3.63) is 89.0 Å². The number of sulfone groups is 1. The summed E-state index contributed by atoms with van der Waals surface area (Å²) in [4.78, 5) is 24.1. The van der Waals surface area contributed by atoms with E-state index in [0.717, 1.165) is 56.7 Å². The molecular weight excluding hydrogens is 678 g/mol. The Bertz CT molecular complexity index is 1970. The van der Waals surface area contributed by atoms with Crippen LogP contribution in [0.4, 0.5) is 13.2 Å². The molecule has 12 heteroatoms. The highest BCUT2D eigenvalue weighted by molar-refractivity contribution is 7.91. The molecule has 1 amide bonds. The molecule has 1 N–H and O–H groups in total. The lowest BCUT2D eigenvalue weighted by atomic mass is 9.93. The molecule has 3 heterocycles. The lowest BCUT2D eigenvalue weighted by Crippen LogP contribution is -2.43. The molecule has 0 bridgehead atoms. The molecule has 8 nitrogen and oxygen atoms in total. The van der Waals surface area contributed by atoms with Gasteiger partial charge in [0.25, 0.3) is 5.91 Å². The predicted molar refractivity (Wildman–Crippen MR) is 193 cm³/mol. The van der Waals surface area contributed by atoms with Gasteiger partial charge in [-0.1, -0.05) is 49.4 Å². The smallest absolute Gasteiger partial charge is 0.416 e. The van der Waals surface area contributed by atoms with E-state index in [9.17, 15) is 26.4 Å². The molecular formula is C39H45F3N4O4S. The molecule has 0 unspecified atom stereocenters. The minimum atomic E-state index is -4.63. The van der Waals surface area contributed by atoms with Crippen LogP contribution in [-0.2, 0) is 22.6 Å². The summed E-state index contributed by atoms with van der Waals surface area (Å²) < 4.78 is 75.6. The highest BCUT2D eigenvalue weighted by Gasteiger charge is 2.34. The third kappa shape index (κ3) is 7.93. The number of pyridine rings is 1. The molecule has 1 aromatic heterocycles. The van der Waals surface area contributed by atoms with Gasteiger partial charge in [-0.3, -0.25) is 9.69 Å². The molecule has 2 fully saturated rings. The average Bonchev–Trinajstić information content (AvgIpc) is 3.67. The monoisotopic (exact) mass is 722 g/mol. The molecule has 272 valence electrons. The molecule has 0 aliphatic carbocycles. The first kappa shape index (κ1) is 36.8. The van der Waals surface area contributed by atoms with Crippen molar-refractivity contribution in [3.8, 4) is 17.0 Å². The summed E-state index contributed by atoms with van der Waals surface area (Å²) in [7, 11) is -3.99. The molecule has 1 atom stereocenters. The summed E-state index contributed by atoms with van der Waals surface area (Å²) >= 11 is 0. The first-order chi connectivity index (χ1) is 24.4. The van der Waals surface area contributed by atoms with E-state index in [1.807, 2.05) is 37.3 Å². The molecule has 0 radical (unpaired) electrons. The van der Waals surface area contributed by atoms with Gasteiger partial charge in [0.2, 0.25) is 0 Å². The summed E-state index contributed by atoms with van der Waals surface area (Å²) in [6, 6.07) is 17.5. The Morgan fingerprint density at radius 2 is 1.69 bits per heavy atom. The number of halogens is 3. The molecule has 3 aromatic carbocycles. The van der Waals surface area contributed by atoms with Crippen molar-refractivity contribution in [3.63, 3.8) is 0 Å². The molecule has 2 aliphatic heterocycles. The zero-order valence-electron chi connectivity index (χ0n) is 29.3. The van der Waals surface area contributed by atoms with Gasteiger partial charge in [-0.25, -0.2) is 13.4 Å². The van der Waals surface area contributed by atoms with Crippen molar-refractivity contribution >= 4 is 26.6 Å². The quantitative estimate of drug-likeness (QED) is 0.170. The van der Waals surface area contributed by atoms with Crippen molar-refractivity contribution in [2.75, 3.05) is 38.5 Å². The van der Waals surface area contributed by atoms with Gasteiger partial charge in [-0.05, 0) is 95.5 Å². The van der Waals surface area contributed by atoms with E-state index < -0.39 is 33.5 Å². The van der Waals surface area contributed by atoms with Crippen molar-refractivity contribution < 1.29 is 31.1 Å². The SMILES string of the molecule is CCOc1ccc2c(C(=O)N[C@@H](C)c3ccccc3)c(CN3CCC(N4CCCC4)CC3)c(-c3cccc(C(F)(F)F)c3)nc2c1S(=O)(=O)CC. The number of likely N-dealkylation sites (tertiary alicyclic amines) is 2. The number of amides is 1. The van der Waals surface area contributed by atoms with Crippen LogP contribution in [0.15, 0.2) is 71.6 Å². The second kappa shape index (κ2) is 15.3. The van der Waals surface area contributed by atoms with Crippen LogP contribution in [0.25, 0.3) is 22.2 Å². The van der Waals surface area contributed by atoms with Gasteiger partial charge in [0.05, 0.1) is 40.7 Å². The van der Waals surface area contributed by atoms with Crippen molar-refractivity contribution in [1.82, 2.24) is 20.1 Å². The minimum Gasteiger partial charge on any atom is -0.492 e. The Balaban J connectivity index is 1.58. The van der Waals surface area contributed by atoms with Crippen LogP contribution >= 0.6 is 0 Å². The van der Waals surface area contributed by atoms with Gasteiger partial charge in [0.1, 0.15) is 10.6 Å². The topological polar surface area (TPSA) is 91.8 Å². The number of hydrogen-bond donors (Lipinski definition) is 1. The standard InChI is InChI=1S/C39H45F3N4O4S/c1-4-50-33-17-16-31-34(38(47)43-26(3)27-12-7-6-8-13-27)32(25-45-22-18-30(19-23-45)46-20-9-10-21-46)35(44-36(31)37(33)51(48,49)5-2)28-14-11-15-29(24-28)39(40,41)42/h6-8,11-17,24,26,30H,4-5,9-10,18-23,25H2,1-3H3,(H,43,47)/t26-/m0/s1. The Morgan fingerprint density at radius 3 is 2.33 bits per heavy atom. The Kier molecular flexibility index (Phi) is 11.0. The van der Waals surface area contributed by atoms with Crippen molar-refractivity contribution in [2.24, 2.45) is 0 Å². The molecule has 2 aliphatic rings. The van der Waals surface area contributed by atoms with Crippen molar-refractivity contribution in [2.45, 2.75) is 76.2 Å². The Hall–Kier alpha value is -4.00. The number of fused-ring (bicyclic) bond motifs is 1. The van der Waals surface area contributed by atoms with Crippen LogP contribution in [-0.4, -0.2) is 73.7 Å². The number of ether oxygens (including phenoxy) is 1. The number of carbonyl (C=O) groups excluding carboxylic acids is 1. The molecule has 6 rings (SSSR count). The maximum absolute atomic E-state index is 14.7. The average molecular weight is 723 g/mol. The lowest BCUT2D eigenvalue weighted by Gasteiger charge is -2.37. The summed E-state index contributed by atoms with van der Waals surface area (Å²) in [6.07, 6.45) is -0.366. The van der Waals surface area contributed by atoms with Gasteiger partial charge in [0, 0.05) is 29.1 Å². The number of carbonyl (C=O) groups is 1. The van der Waals surface area contributed by atoms with E-state index in [2.05, 4.69) is 15.1 Å². The summed E-state index contributed by atoms with van der Waals surface area (Å²) in [6.45, 7) is 9.17. The molecule has 0 spiro atoms. The summed E-state index contributed by atoms with van der Waals surface area (Å²) in [5.41, 5.74) is 0.891. The fourth-order valence-electron chi connectivity index (χ4n) is 7.40. The van der Waals surface area contributed by atoms with Crippen LogP contribution < -0.4 is 10.1 Å². The zero-order valence-corrected chi connectivity index (χ0v) is 30.1. The second-order valence-corrected chi connectivity index (χ2v) is 15.6. The van der Waals surface area contributed by atoms with Crippen LogP contribution in [0.3, 0.4) is 0 Å². The number of nitrogens with one attached hydrogen (secondary N) is 1. The van der Waals surface area contributed by atoms with Crippen LogP contribution in [0.1, 0.15) is 79.5 Å². The van der Waals surface area contributed by atoms with Gasteiger partial charge in [-0.15, -0.1) is 0 Å². The van der Waals surface area contributed by atoms with Gasteiger partial charge >= 0.3 is 6.18 Å². The van der Waals surface area contributed by atoms with Crippen molar-refractivity contribution in [1.29, 1.82) is 0 Å². The minimum absolute atomic E-state index is 0.00998. The first-order valence-electron chi connectivity index (χ1n) is 17.8. The van der Waals surface area contributed by atoms with Crippen LogP contribution in [0.5, 0.6) is 5.75 Å². The fourth-order valence-corrected chi connectivity index (χ4v) is 8.57. The van der Waals surface area contributed by atoms with E-state index in [4.69, 9.17) is 9.72 Å². The van der Waals surface area contributed by atoms with E-state index in [1.165, 1.54) is 31.9 Å². The van der Waals surface area contributed by atoms with E-state index in [1.54, 1.807) is 19.1 Å². The second-order valence-electron chi connectivity index (χ2n) is 13.4. The molecule has 4 aromatic rings. The third-order valence-corrected chi connectivity index (χ3v) is 11.9. The predicted octanol–water partition coefficient (Wildman–Crippen LogP) is 7.66. The van der Waals surface area contributed by atoms with Crippen LogP contribution in [0.2, 0.25) is 0 Å². The van der Waals surface area contributed by atoms with Gasteiger partial charge in [-0.2, -0.15) is 13.2 Å². The van der Waals surface area contributed by atoms with E-state index in [0.29, 0.717) is 17.0 Å². The lowest BCUT2D eigenvalue weighted by molar-refractivity contribution is -0.137. The number of alkyl halides is 3. The van der Waals surface area contributed by atoms with E-state index >= 15 is 0 Å². The highest BCUT2D eigenvalue weighted by Crippen LogP contribution is 2.40. The number of rotatable bonds is 11. The number of piperidine rings is 1. The maximum atomic E-state index is 14.7. The maximum Gasteiger partial charge on any atom is 0.416 e. The summed E-state index contributed by atoms with van der Waals surface area (Å²) in [5.74, 6) is -0.666. The van der Waals surface area contributed by atoms with E-state index in [-0.39, 0.29) is 51.9 Å². The normalized spacial score (nSPS) is 17.1. The van der Waals surface area contributed by atoms with Gasteiger partial charge < -0.3 is 15.0 Å². The number of aromatic nitrogens is 1. The fraction of sp³-hybridized carbons (Fsp3) is 0.436. The molecule has 2 saturated heterocycles. The molecule has 0 saturated carbocycles. The Labute approximate surface area is 297 Å². The largest absolute Gasteiger partial charge is 0.492 e. The third-order valence-electron chi connectivity index (χ3n) is 10.1.